The van der Waals surface area contributed by atoms with Crippen LogP contribution in [0, 0.1) is 0 Å². The summed E-state index contributed by atoms with van der Waals surface area (Å²) in [6.45, 7) is 1.42. The standard InChI is InChI=1S/C16H20N2O3/c1-18(11-13-8-5-9-20-13)16(19)14-10-15(21-17-14)12-6-3-2-4-7-12/h2-4,6-7,13,15H,5,8-11H2,1H3. The molecule has 2 aliphatic heterocycles. The summed E-state index contributed by atoms with van der Waals surface area (Å²) in [7, 11) is 1.79. The van der Waals surface area contributed by atoms with Crippen LogP contribution in [0.4, 0.5) is 0 Å². The number of rotatable bonds is 4. The van der Waals surface area contributed by atoms with E-state index in [0.717, 1.165) is 25.0 Å². The van der Waals surface area contributed by atoms with Crippen LogP contribution in [-0.2, 0) is 14.4 Å². The van der Waals surface area contributed by atoms with Gasteiger partial charge in [-0.05, 0) is 18.4 Å². The molecule has 1 saturated heterocycles. The minimum absolute atomic E-state index is 0.0658. The van der Waals surface area contributed by atoms with Crippen LogP contribution in [0.2, 0.25) is 0 Å². The number of carbonyl (C=O) groups is 1. The molecule has 0 aromatic heterocycles. The van der Waals surface area contributed by atoms with Gasteiger partial charge >= 0.3 is 0 Å². The predicted molar refractivity (Wildman–Crippen MR) is 78.9 cm³/mol. The van der Waals surface area contributed by atoms with Crippen molar-refractivity contribution in [2.45, 2.75) is 31.5 Å². The molecule has 112 valence electrons. The first-order valence-corrected chi connectivity index (χ1v) is 7.39. The maximum absolute atomic E-state index is 12.4. The highest BCUT2D eigenvalue weighted by Crippen LogP contribution is 2.27. The monoisotopic (exact) mass is 288 g/mol. The van der Waals surface area contributed by atoms with E-state index in [1.807, 2.05) is 30.3 Å². The zero-order valence-corrected chi connectivity index (χ0v) is 12.2. The Hall–Kier alpha value is -1.88. The Labute approximate surface area is 124 Å². The molecule has 1 amide bonds. The summed E-state index contributed by atoms with van der Waals surface area (Å²) < 4.78 is 5.56. The summed E-state index contributed by atoms with van der Waals surface area (Å²) in [6.07, 6.45) is 2.63. The first-order valence-electron chi connectivity index (χ1n) is 7.39. The normalized spacial score (nSPS) is 24.5. The first-order chi connectivity index (χ1) is 10.2. The van der Waals surface area contributed by atoms with E-state index >= 15 is 0 Å². The SMILES string of the molecule is CN(CC1CCCO1)C(=O)C1=NOC(c2ccccc2)C1. The number of amides is 1. The lowest BCUT2D eigenvalue weighted by Gasteiger charge is -2.20. The van der Waals surface area contributed by atoms with Crippen LogP contribution in [0.25, 0.3) is 0 Å². The lowest BCUT2D eigenvalue weighted by atomic mass is 10.0. The molecule has 2 aliphatic rings. The number of nitrogens with zero attached hydrogens (tertiary/aromatic N) is 2. The molecule has 0 N–H and O–H groups in total. The van der Waals surface area contributed by atoms with Gasteiger partial charge in [-0.15, -0.1) is 0 Å². The Bertz CT molecular complexity index is 524. The maximum Gasteiger partial charge on any atom is 0.271 e. The summed E-state index contributed by atoms with van der Waals surface area (Å²) >= 11 is 0. The second kappa shape index (κ2) is 6.26. The van der Waals surface area contributed by atoms with Gasteiger partial charge in [-0.1, -0.05) is 35.5 Å². The summed E-state index contributed by atoms with van der Waals surface area (Å²) in [5.41, 5.74) is 1.54. The summed E-state index contributed by atoms with van der Waals surface area (Å²) in [6, 6.07) is 9.86. The zero-order valence-electron chi connectivity index (χ0n) is 12.2. The van der Waals surface area contributed by atoms with E-state index in [2.05, 4.69) is 5.16 Å². The van der Waals surface area contributed by atoms with Gasteiger partial charge in [0, 0.05) is 26.6 Å². The van der Waals surface area contributed by atoms with Crippen molar-refractivity contribution in [3.8, 4) is 0 Å². The highest BCUT2D eigenvalue weighted by Gasteiger charge is 2.30. The molecule has 0 bridgehead atoms. The average molecular weight is 288 g/mol. The maximum atomic E-state index is 12.4. The van der Waals surface area contributed by atoms with E-state index in [9.17, 15) is 4.79 Å². The van der Waals surface area contributed by atoms with E-state index < -0.39 is 0 Å². The molecule has 1 aromatic carbocycles. The van der Waals surface area contributed by atoms with Gasteiger partial charge in [0.2, 0.25) is 0 Å². The van der Waals surface area contributed by atoms with E-state index in [4.69, 9.17) is 9.57 Å². The highest BCUT2D eigenvalue weighted by atomic mass is 16.6. The van der Waals surface area contributed by atoms with Gasteiger partial charge in [0.05, 0.1) is 6.10 Å². The van der Waals surface area contributed by atoms with Crippen LogP contribution in [0.5, 0.6) is 0 Å². The fraction of sp³-hybridized carbons (Fsp3) is 0.500. The Balaban J connectivity index is 1.56. The van der Waals surface area contributed by atoms with Gasteiger partial charge in [0.1, 0.15) is 5.71 Å². The van der Waals surface area contributed by atoms with Crippen molar-refractivity contribution in [1.82, 2.24) is 4.90 Å². The van der Waals surface area contributed by atoms with Crippen molar-refractivity contribution >= 4 is 11.6 Å². The van der Waals surface area contributed by atoms with E-state index in [1.165, 1.54) is 0 Å². The quantitative estimate of drug-likeness (QED) is 0.853. The van der Waals surface area contributed by atoms with Crippen molar-refractivity contribution in [1.29, 1.82) is 0 Å². The van der Waals surface area contributed by atoms with Crippen molar-refractivity contribution in [3.05, 3.63) is 35.9 Å². The van der Waals surface area contributed by atoms with Gasteiger partial charge in [0.25, 0.3) is 5.91 Å². The second-order valence-corrected chi connectivity index (χ2v) is 5.57. The van der Waals surface area contributed by atoms with Gasteiger partial charge < -0.3 is 14.5 Å². The summed E-state index contributed by atoms with van der Waals surface area (Å²) in [4.78, 5) is 19.5. The minimum atomic E-state index is -0.152. The van der Waals surface area contributed by atoms with Crippen LogP contribution in [0.1, 0.15) is 30.9 Å². The highest BCUT2D eigenvalue weighted by molar-refractivity contribution is 6.39. The molecule has 5 nitrogen and oxygen atoms in total. The van der Waals surface area contributed by atoms with Gasteiger partial charge in [-0.2, -0.15) is 0 Å². The largest absolute Gasteiger partial charge is 0.387 e. The zero-order chi connectivity index (χ0) is 14.7. The minimum Gasteiger partial charge on any atom is -0.387 e. The van der Waals surface area contributed by atoms with E-state index in [-0.39, 0.29) is 18.1 Å². The van der Waals surface area contributed by atoms with Crippen molar-refractivity contribution in [3.63, 3.8) is 0 Å². The van der Waals surface area contributed by atoms with Gasteiger partial charge in [0.15, 0.2) is 6.10 Å². The van der Waals surface area contributed by atoms with Crippen LogP contribution >= 0.6 is 0 Å². The molecule has 0 aliphatic carbocycles. The second-order valence-electron chi connectivity index (χ2n) is 5.57. The Kier molecular flexibility index (Phi) is 4.20. The predicted octanol–water partition coefficient (Wildman–Crippen LogP) is 2.14. The third-order valence-corrected chi connectivity index (χ3v) is 3.94. The number of ether oxygens (including phenoxy) is 1. The molecule has 2 unspecified atom stereocenters. The topological polar surface area (TPSA) is 51.1 Å². The van der Waals surface area contributed by atoms with Crippen LogP contribution < -0.4 is 0 Å². The van der Waals surface area contributed by atoms with Crippen LogP contribution in [-0.4, -0.2) is 42.8 Å². The number of oxime groups is 1. The molecule has 2 heterocycles. The lowest BCUT2D eigenvalue weighted by Crippen LogP contribution is -2.38. The van der Waals surface area contributed by atoms with Crippen molar-refractivity contribution < 1.29 is 14.4 Å². The summed E-state index contributed by atoms with van der Waals surface area (Å²) in [5, 5.41) is 3.97. The average Bonchev–Trinajstić information content (AvgIpc) is 3.18. The molecule has 0 saturated carbocycles. The fourth-order valence-electron chi connectivity index (χ4n) is 2.75. The first kappa shape index (κ1) is 14.1. The Morgan fingerprint density at radius 1 is 1.38 bits per heavy atom. The molecule has 3 rings (SSSR count). The Morgan fingerprint density at radius 2 is 2.19 bits per heavy atom. The third-order valence-electron chi connectivity index (χ3n) is 3.94. The smallest absolute Gasteiger partial charge is 0.271 e. The van der Waals surface area contributed by atoms with Crippen molar-refractivity contribution in [2.24, 2.45) is 5.16 Å². The third kappa shape index (κ3) is 3.24. The molecule has 5 heteroatoms. The number of hydrogen-bond donors (Lipinski definition) is 0. The number of carbonyl (C=O) groups excluding carboxylic acids is 1. The molecule has 0 spiro atoms. The molecule has 21 heavy (non-hydrogen) atoms. The van der Waals surface area contributed by atoms with E-state index in [1.54, 1.807) is 11.9 Å². The molecule has 1 aromatic rings. The van der Waals surface area contributed by atoms with Crippen molar-refractivity contribution in [2.75, 3.05) is 20.2 Å². The number of likely N-dealkylation sites (N-methyl/N-ethyl adjacent to an activating group) is 1. The molecule has 1 fully saturated rings. The van der Waals surface area contributed by atoms with Crippen LogP contribution in [0.15, 0.2) is 35.5 Å². The lowest BCUT2D eigenvalue weighted by molar-refractivity contribution is -0.124. The summed E-state index contributed by atoms with van der Waals surface area (Å²) in [5.74, 6) is -0.0658. The fourth-order valence-corrected chi connectivity index (χ4v) is 2.75. The molecule has 0 radical (unpaired) electrons. The van der Waals surface area contributed by atoms with E-state index in [0.29, 0.717) is 18.7 Å². The molecular formula is C16H20N2O3. The van der Waals surface area contributed by atoms with Gasteiger partial charge in [-0.3, -0.25) is 4.79 Å². The Morgan fingerprint density at radius 3 is 2.90 bits per heavy atom. The molecular weight excluding hydrogens is 268 g/mol. The number of hydrogen-bond acceptors (Lipinski definition) is 4. The van der Waals surface area contributed by atoms with Gasteiger partial charge in [-0.25, -0.2) is 0 Å². The molecule has 2 atom stereocenters. The number of benzene rings is 1. The van der Waals surface area contributed by atoms with Crippen LogP contribution in [0.3, 0.4) is 0 Å².